The summed E-state index contributed by atoms with van der Waals surface area (Å²) in [5, 5.41) is 3.09. The predicted octanol–water partition coefficient (Wildman–Crippen LogP) is 7.96. The van der Waals surface area contributed by atoms with Gasteiger partial charge in [-0.15, -0.1) is 0 Å². The highest BCUT2D eigenvalue weighted by Crippen LogP contribution is 2.44. The molecule has 8 nitrogen and oxygen atoms in total. The standard InChI is InChI=1S/C39H54N6O2/c1-12-27-23(6)36-25(8)38-35(26(9)46)24(7)32(42-38)18-31-22(5)29(14-15-34(47)40-16-17-45(10)11)39(43-31)28(13-2)37-21(4)20(3)30(41-37)19-33(27)44-36/h18-19,22-23,27,29,41-42H,12-17H2,1-11H3,(H,40,47)/t22-,23+,27?,29?/m0/s1. The molecular formula is C39H54N6O2. The summed E-state index contributed by atoms with van der Waals surface area (Å²) in [4.78, 5) is 46.3. The summed E-state index contributed by atoms with van der Waals surface area (Å²) in [6.07, 6.45) is 2.94. The Balaban J connectivity index is 1.82. The number of hydrogen-bond acceptors (Lipinski definition) is 5. The molecule has 0 aromatic carbocycles. The normalized spacial score (nSPS) is 19.4. The Bertz CT molecular complexity index is 1860. The van der Waals surface area contributed by atoms with Gasteiger partial charge in [0.1, 0.15) is 0 Å². The summed E-state index contributed by atoms with van der Waals surface area (Å²) >= 11 is 0. The van der Waals surface area contributed by atoms with E-state index in [0.717, 1.165) is 80.9 Å². The van der Waals surface area contributed by atoms with Gasteiger partial charge in [0.25, 0.3) is 0 Å². The molecule has 5 rings (SSSR count). The number of ketones is 1. The summed E-state index contributed by atoms with van der Waals surface area (Å²) in [5.74, 6) is 0.799. The highest BCUT2D eigenvalue weighted by atomic mass is 16.1. The fourth-order valence-electron chi connectivity index (χ4n) is 7.85. The molecule has 0 spiro atoms. The van der Waals surface area contributed by atoms with Gasteiger partial charge in [0.15, 0.2) is 5.78 Å². The van der Waals surface area contributed by atoms with Crippen molar-refractivity contribution in [2.45, 2.75) is 112 Å². The van der Waals surface area contributed by atoms with Gasteiger partial charge in [-0.05, 0) is 108 Å². The number of amides is 1. The molecule has 3 N–H and O–H groups in total. The number of nitrogens with one attached hydrogen (secondary N) is 3. The molecule has 2 unspecified atom stereocenters. The predicted molar refractivity (Wildman–Crippen MR) is 193 cm³/mol. The molecule has 2 aliphatic rings. The Morgan fingerprint density at radius 2 is 1.47 bits per heavy atom. The van der Waals surface area contributed by atoms with E-state index in [1.807, 2.05) is 21.0 Å². The zero-order valence-corrected chi connectivity index (χ0v) is 30.4. The number of Topliss-reactive ketones (excluding diaryl/α,β-unsaturated/α-hetero) is 1. The summed E-state index contributed by atoms with van der Waals surface area (Å²) in [6.45, 7) is 20.5. The van der Waals surface area contributed by atoms with E-state index in [1.165, 1.54) is 16.7 Å². The van der Waals surface area contributed by atoms with E-state index in [4.69, 9.17) is 9.97 Å². The van der Waals surface area contributed by atoms with Crippen molar-refractivity contribution in [3.8, 4) is 0 Å². The minimum atomic E-state index is 0.0397. The molecule has 252 valence electrons. The average molecular weight is 639 g/mol. The van der Waals surface area contributed by atoms with Crippen LogP contribution >= 0.6 is 0 Å². The van der Waals surface area contributed by atoms with Crippen LogP contribution in [-0.2, 0) is 11.2 Å². The second-order valence-electron chi connectivity index (χ2n) is 14.1. The van der Waals surface area contributed by atoms with Gasteiger partial charge >= 0.3 is 0 Å². The number of aromatic amines is 2. The maximum absolute atomic E-state index is 13.1. The van der Waals surface area contributed by atoms with E-state index >= 15 is 0 Å². The second kappa shape index (κ2) is 13.8. The first kappa shape index (κ1) is 34.6. The molecule has 2 aliphatic heterocycles. The van der Waals surface area contributed by atoms with Crippen LogP contribution in [0.1, 0.15) is 139 Å². The van der Waals surface area contributed by atoms with Crippen molar-refractivity contribution in [2.24, 2.45) is 0 Å². The third-order valence-electron chi connectivity index (χ3n) is 10.9. The first-order valence-electron chi connectivity index (χ1n) is 17.4. The summed E-state index contributed by atoms with van der Waals surface area (Å²) < 4.78 is 0. The van der Waals surface area contributed by atoms with Gasteiger partial charge in [-0.3, -0.25) is 19.6 Å². The van der Waals surface area contributed by atoms with E-state index in [1.54, 1.807) is 6.92 Å². The number of likely N-dealkylation sites (N-methyl/N-ethyl adjacent to an activating group) is 1. The summed E-state index contributed by atoms with van der Waals surface area (Å²) in [7, 11) is 4.02. The Kier molecular flexibility index (Phi) is 10.1. The van der Waals surface area contributed by atoms with E-state index in [9.17, 15) is 9.59 Å². The third-order valence-corrected chi connectivity index (χ3v) is 10.9. The molecule has 0 saturated carbocycles. The molecule has 3 aromatic rings. The number of carbonyl (C=O) groups excluding carboxylic acids is 2. The first-order valence-corrected chi connectivity index (χ1v) is 17.4. The molecule has 5 heterocycles. The molecule has 0 saturated heterocycles. The molecule has 8 bridgehead atoms. The monoisotopic (exact) mass is 638 g/mol. The highest BCUT2D eigenvalue weighted by molar-refractivity contribution is 6.05. The molecule has 0 aliphatic carbocycles. The number of rotatable bonds is 9. The van der Waals surface area contributed by atoms with Gasteiger partial charge in [0.2, 0.25) is 5.91 Å². The smallest absolute Gasteiger partial charge is 0.220 e. The Morgan fingerprint density at radius 3 is 2.11 bits per heavy atom. The number of nitrogens with zero attached hydrogens (tertiary/aromatic N) is 3. The van der Waals surface area contributed by atoms with Gasteiger partial charge in [-0.2, -0.15) is 0 Å². The van der Waals surface area contributed by atoms with Gasteiger partial charge < -0.3 is 20.2 Å². The van der Waals surface area contributed by atoms with Crippen molar-refractivity contribution in [1.29, 1.82) is 0 Å². The van der Waals surface area contributed by atoms with Crippen LogP contribution in [0.3, 0.4) is 0 Å². The van der Waals surface area contributed by atoms with Gasteiger partial charge in [-0.1, -0.05) is 27.7 Å². The minimum Gasteiger partial charge on any atom is -0.355 e. The quantitative estimate of drug-likeness (QED) is 0.206. The van der Waals surface area contributed by atoms with Gasteiger partial charge in [-0.25, -0.2) is 0 Å². The Hall–Kier alpha value is -3.78. The average Bonchev–Trinajstić information content (AvgIpc) is 3.70. The van der Waals surface area contributed by atoms with Crippen LogP contribution in [0.25, 0.3) is 22.1 Å². The van der Waals surface area contributed by atoms with Crippen LogP contribution in [0.2, 0.25) is 0 Å². The largest absolute Gasteiger partial charge is 0.355 e. The lowest BCUT2D eigenvalue weighted by Crippen LogP contribution is -2.31. The van der Waals surface area contributed by atoms with Gasteiger partial charge in [0, 0.05) is 88.1 Å². The molecular weight excluding hydrogens is 584 g/mol. The van der Waals surface area contributed by atoms with Crippen LogP contribution in [-0.4, -0.2) is 63.7 Å². The van der Waals surface area contributed by atoms with Crippen LogP contribution in [0.5, 0.6) is 0 Å². The summed E-state index contributed by atoms with van der Waals surface area (Å²) in [5.41, 5.74) is 14.4. The van der Waals surface area contributed by atoms with Crippen molar-refractivity contribution in [3.05, 3.63) is 68.3 Å². The van der Waals surface area contributed by atoms with Crippen LogP contribution in [0, 0.1) is 27.7 Å². The zero-order valence-electron chi connectivity index (χ0n) is 30.4. The molecule has 0 radical (unpaired) electrons. The Morgan fingerprint density at radius 1 is 0.830 bits per heavy atom. The van der Waals surface area contributed by atoms with Crippen molar-refractivity contribution >= 4 is 33.8 Å². The van der Waals surface area contributed by atoms with Crippen molar-refractivity contribution in [2.75, 3.05) is 27.2 Å². The fraction of sp³-hybridized carbons (Fsp3) is 0.538. The molecule has 1 amide bonds. The third kappa shape index (κ3) is 6.41. The maximum atomic E-state index is 13.1. The second-order valence-corrected chi connectivity index (χ2v) is 14.1. The van der Waals surface area contributed by atoms with E-state index in [0.29, 0.717) is 19.4 Å². The lowest BCUT2D eigenvalue weighted by molar-refractivity contribution is -0.121. The van der Waals surface area contributed by atoms with Crippen LogP contribution < -0.4 is 5.32 Å². The van der Waals surface area contributed by atoms with E-state index in [-0.39, 0.29) is 35.4 Å². The lowest BCUT2D eigenvalue weighted by atomic mass is 9.85. The SMILES string of the molecule is CCc1c2nc(cc3[nH]c(c(C)c4nc(cc5[nH]c1c(C)c5C)C(CC)[C@H]4C)c(C(C)=O)c3C)[C@@H](C)C2CCC(=O)NCCN(C)C. The number of fused-ring (bicyclic) bond motifs is 8. The van der Waals surface area contributed by atoms with Crippen LogP contribution in [0.15, 0.2) is 12.1 Å². The highest BCUT2D eigenvalue weighted by Gasteiger charge is 2.33. The molecule has 0 fully saturated rings. The van der Waals surface area contributed by atoms with Gasteiger partial charge in [0.05, 0.1) is 5.52 Å². The zero-order chi connectivity index (χ0) is 34.3. The number of aromatic nitrogens is 4. The number of hydrogen-bond donors (Lipinski definition) is 3. The number of H-pyrrole nitrogens is 2. The molecule has 4 atom stereocenters. The number of aryl methyl sites for hydroxylation is 5. The maximum Gasteiger partial charge on any atom is 0.220 e. The molecule has 3 aromatic heterocycles. The van der Waals surface area contributed by atoms with Crippen molar-refractivity contribution in [3.63, 3.8) is 0 Å². The van der Waals surface area contributed by atoms with Crippen LogP contribution in [0.4, 0.5) is 0 Å². The molecule has 8 heteroatoms. The Labute approximate surface area is 280 Å². The first-order chi connectivity index (χ1) is 22.3. The number of carbonyl (C=O) groups is 2. The lowest BCUT2D eigenvalue weighted by Gasteiger charge is -2.18. The van der Waals surface area contributed by atoms with Crippen molar-refractivity contribution in [1.82, 2.24) is 30.2 Å². The van der Waals surface area contributed by atoms with Crippen molar-refractivity contribution < 1.29 is 9.59 Å². The van der Waals surface area contributed by atoms with E-state index in [2.05, 4.69) is 80.8 Å². The fourth-order valence-corrected chi connectivity index (χ4v) is 7.85. The molecule has 47 heavy (non-hydrogen) atoms. The minimum absolute atomic E-state index is 0.0397. The van der Waals surface area contributed by atoms with E-state index < -0.39 is 0 Å². The summed E-state index contributed by atoms with van der Waals surface area (Å²) in [6, 6.07) is 4.38. The topological polar surface area (TPSA) is 107 Å².